The maximum absolute atomic E-state index is 13.7. The van der Waals surface area contributed by atoms with Crippen molar-refractivity contribution in [1.29, 1.82) is 0 Å². The SMILES string of the molecule is CCc1c(C(=O)Nc2cccc(C(C)(F)F)c2)c(C)nn1-c1ccc(OC(F)F)c(-c2ccccn2)c1. The molecule has 6 nitrogen and oxygen atoms in total. The summed E-state index contributed by atoms with van der Waals surface area (Å²) in [4.78, 5) is 17.5. The van der Waals surface area contributed by atoms with Crippen LogP contribution in [0.4, 0.5) is 23.2 Å². The minimum absolute atomic E-state index is 0.0510. The van der Waals surface area contributed by atoms with Crippen LogP contribution in [0.15, 0.2) is 66.9 Å². The number of nitrogens with zero attached hydrogens (tertiary/aromatic N) is 3. The summed E-state index contributed by atoms with van der Waals surface area (Å²) in [5.74, 6) is -3.61. The van der Waals surface area contributed by atoms with Crippen molar-refractivity contribution in [2.45, 2.75) is 39.7 Å². The third-order valence-corrected chi connectivity index (χ3v) is 5.71. The van der Waals surface area contributed by atoms with Crippen LogP contribution in [-0.4, -0.2) is 27.3 Å². The third kappa shape index (κ3) is 5.63. The summed E-state index contributed by atoms with van der Waals surface area (Å²) >= 11 is 0. The van der Waals surface area contributed by atoms with Crippen molar-refractivity contribution in [3.63, 3.8) is 0 Å². The van der Waals surface area contributed by atoms with Gasteiger partial charge < -0.3 is 10.1 Å². The molecule has 2 heterocycles. The number of rotatable bonds is 8. The van der Waals surface area contributed by atoms with Crippen LogP contribution in [0.3, 0.4) is 0 Å². The average Bonchev–Trinajstić information content (AvgIpc) is 3.20. The minimum Gasteiger partial charge on any atom is -0.434 e. The molecule has 10 heteroatoms. The average molecular weight is 513 g/mol. The fourth-order valence-electron chi connectivity index (χ4n) is 4.04. The fraction of sp³-hybridized carbons (Fsp3) is 0.222. The van der Waals surface area contributed by atoms with E-state index >= 15 is 0 Å². The maximum atomic E-state index is 13.7. The molecule has 0 bridgehead atoms. The van der Waals surface area contributed by atoms with Gasteiger partial charge in [0.25, 0.3) is 11.8 Å². The number of amides is 1. The van der Waals surface area contributed by atoms with Gasteiger partial charge in [0.1, 0.15) is 5.75 Å². The molecule has 2 aromatic carbocycles. The predicted octanol–water partition coefficient (Wildman–Crippen LogP) is 6.77. The van der Waals surface area contributed by atoms with Crippen LogP contribution in [0.2, 0.25) is 0 Å². The Morgan fingerprint density at radius 3 is 2.54 bits per heavy atom. The highest BCUT2D eigenvalue weighted by Crippen LogP contribution is 2.33. The summed E-state index contributed by atoms with van der Waals surface area (Å²) in [6, 6.07) is 15.2. The van der Waals surface area contributed by atoms with Crippen molar-refractivity contribution < 1.29 is 27.1 Å². The van der Waals surface area contributed by atoms with E-state index < -0.39 is 18.4 Å². The molecule has 4 aromatic rings. The molecule has 0 saturated heterocycles. The summed E-state index contributed by atoms with van der Waals surface area (Å²) in [6.45, 7) is 1.27. The van der Waals surface area contributed by atoms with Gasteiger partial charge in [0.2, 0.25) is 0 Å². The van der Waals surface area contributed by atoms with Gasteiger partial charge in [0, 0.05) is 29.9 Å². The Morgan fingerprint density at radius 2 is 1.89 bits per heavy atom. The van der Waals surface area contributed by atoms with E-state index in [1.54, 1.807) is 41.9 Å². The molecular weight excluding hydrogens is 488 g/mol. The van der Waals surface area contributed by atoms with Gasteiger partial charge in [-0.25, -0.2) is 13.5 Å². The molecule has 1 N–H and O–H groups in total. The molecule has 0 aliphatic carbocycles. The van der Waals surface area contributed by atoms with Crippen LogP contribution in [-0.2, 0) is 12.3 Å². The molecule has 37 heavy (non-hydrogen) atoms. The zero-order valence-electron chi connectivity index (χ0n) is 20.3. The molecule has 0 atom stereocenters. The van der Waals surface area contributed by atoms with Crippen molar-refractivity contribution in [3.8, 4) is 22.7 Å². The van der Waals surface area contributed by atoms with E-state index in [0.29, 0.717) is 40.3 Å². The number of ether oxygens (including phenoxy) is 1. The number of nitrogens with one attached hydrogen (secondary N) is 1. The highest BCUT2D eigenvalue weighted by molar-refractivity contribution is 6.06. The molecule has 2 aromatic heterocycles. The molecule has 0 saturated carbocycles. The van der Waals surface area contributed by atoms with Gasteiger partial charge in [-0.3, -0.25) is 9.78 Å². The van der Waals surface area contributed by atoms with Crippen LogP contribution in [0, 0.1) is 6.92 Å². The topological polar surface area (TPSA) is 69.0 Å². The minimum atomic E-state index is -3.05. The van der Waals surface area contributed by atoms with Crippen molar-refractivity contribution in [3.05, 3.63) is 89.4 Å². The molecule has 0 aliphatic heterocycles. The predicted molar refractivity (Wildman–Crippen MR) is 132 cm³/mol. The lowest BCUT2D eigenvalue weighted by atomic mass is 10.1. The maximum Gasteiger partial charge on any atom is 0.387 e. The molecule has 4 rings (SSSR count). The normalized spacial score (nSPS) is 11.6. The first-order chi connectivity index (χ1) is 17.6. The highest BCUT2D eigenvalue weighted by Gasteiger charge is 2.26. The van der Waals surface area contributed by atoms with Gasteiger partial charge in [0.05, 0.1) is 28.3 Å². The van der Waals surface area contributed by atoms with Gasteiger partial charge in [-0.1, -0.05) is 25.1 Å². The van der Waals surface area contributed by atoms with E-state index in [1.165, 1.54) is 36.5 Å². The standard InChI is InChI=1S/C27H24F4N4O2/c1-4-22-24(25(36)33-18-9-7-8-17(14-18)27(3,30)31)16(2)34-35(22)19-11-12-23(37-26(28)29)20(15-19)21-10-5-6-13-32-21/h5-15,26H,4H2,1-3H3,(H,33,36). The van der Waals surface area contributed by atoms with Gasteiger partial charge in [-0.2, -0.15) is 13.9 Å². The Bertz CT molecular complexity index is 1420. The Kier molecular flexibility index (Phi) is 7.28. The molecular formula is C27H24F4N4O2. The Hall–Kier alpha value is -4.21. The lowest BCUT2D eigenvalue weighted by Crippen LogP contribution is -2.16. The number of aromatic nitrogens is 3. The molecule has 0 aliphatic rings. The molecule has 0 fully saturated rings. The van der Waals surface area contributed by atoms with E-state index in [2.05, 4.69) is 15.4 Å². The van der Waals surface area contributed by atoms with E-state index in [-0.39, 0.29) is 17.0 Å². The van der Waals surface area contributed by atoms with Crippen molar-refractivity contribution in [1.82, 2.24) is 14.8 Å². The Morgan fingerprint density at radius 1 is 1.11 bits per heavy atom. The fourth-order valence-corrected chi connectivity index (χ4v) is 4.04. The zero-order valence-corrected chi connectivity index (χ0v) is 20.3. The number of carbonyl (C=O) groups excluding carboxylic acids is 1. The Labute approximate surface area is 210 Å². The largest absolute Gasteiger partial charge is 0.434 e. The van der Waals surface area contributed by atoms with Gasteiger partial charge in [-0.15, -0.1) is 0 Å². The Balaban J connectivity index is 1.74. The summed E-state index contributed by atoms with van der Waals surface area (Å²) in [5, 5.41) is 7.20. The number of benzene rings is 2. The van der Waals surface area contributed by atoms with E-state index in [9.17, 15) is 22.4 Å². The molecule has 0 radical (unpaired) electrons. The lowest BCUT2D eigenvalue weighted by molar-refractivity contribution is -0.0494. The quantitative estimate of drug-likeness (QED) is 0.265. The van der Waals surface area contributed by atoms with Gasteiger partial charge in [0.15, 0.2) is 0 Å². The van der Waals surface area contributed by atoms with Crippen LogP contribution in [0.1, 0.15) is 41.2 Å². The van der Waals surface area contributed by atoms with E-state index in [4.69, 9.17) is 4.74 Å². The number of hydrogen-bond donors (Lipinski definition) is 1. The first-order valence-electron chi connectivity index (χ1n) is 11.5. The van der Waals surface area contributed by atoms with Crippen molar-refractivity contribution in [2.75, 3.05) is 5.32 Å². The summed E-state index contributed by atoms with van der Waals surface area (Å²) in [6.07, 6.45) is 1.94. The lowest BCUT2D eigenvalue weighted by Gasteiger charge is -2.14. The van der Waals surface area contributed by atoms with Gasteiger partial charge in [-0.05, 0) is 55.8 Å². The smallest absolute Gasteiger partial charge is 0.387 e. The summed E-state index contributed by atoms with van der Waals surface area (Å²) in [5.41, 5.74) is 2.53. The number of carbonyl (C=O) groups is 1. The number of halogens is 4. The van der Waals surface area contributed by atoms with Crippen LogP contribution < -0.4 is 10.1 Å². The second-order valence-electron chi connectivity index (χ2n) is 8.37. The first-order valence-corrected chi connectivity index (χ1v) is 11.5. The summed E-state index contributed by atoms with van der Waals surface area (Å²) < 4.78 is 59.8. The molecule has 192 valence electrons. The van der Waals surface area contributed by atoms with Crippen LogP contribution in [0.5, 0.6) is 5.75 Å². The number of pyridine rings is 1. The highest BCUT2D eigenvalue weighted by atomic mass is 19.3. The van der Waals surface area contributed by atoms with E-state index in [1.807, 2.05) is 6.92 Å². The molecule has 0 spiro atoms. The number of hydrogen-bond acceptors (Lipinski definition) is 4. The first kappa shape index (κ1) is 25.9. The monoisotopic (exact) mass is 512 g/mol. The van der Waals surface area contributed by atoms with Crippen molar-refractivity contribution >= 4 is 11.6 Å². The second kappa shape index (κ2) is 10.4. The van der Waals surface area contributed by atoms with Gasteiger partial charge >= 0.3 is 6.61 Å². The molecule has 0 unspecified atom stereocenters. The number of aryl methyl sites for hydroxylation is 1. The summed E-state index contributed by atoms with van der Waals surface area (Å²) in [7, 11) is 0. The third-order valence-electron chi connectivity index (χ3n) is 5.71. The van der Waals surface area contributed by atoms with Crippen molar-refractivity contribution in [2.24, 2.45) is 0 Å². The second-order valence-corrected chi connectivity index (χ2v) is 8.37. The number of alkyl halides is 4. The van der Waals surface area contributed by atoms with Crippen LogP contribution >= 0.6 is 0 Å². The molecule has 1 amide bonds. The van der Waals surface area contributed by atoms with E-state index in [0.717, 1.165) is 6.92 Å². The van der Waals surface area contributed by atoms with Crippen LogP contribution in [0.25, 0.3) is 16.9 Å². The number of anilines is 1. The zero-order chi connectivity index (χ0) is 26.7.